The van der Waals surface area contributed by atoms with Crippen molar-refractivity contribution in [2.45, 2.75) is 12.7 Å². The van der Waals surface area contributed by atoms with Crippen molar-refractivity contribution in [3.05, 3.63) is 63.5 Å². The summed E-state index contributed by atoms with van der Waals surface area (Å²) < 4.78 is 48.4. The minimum atomic E-state index is -4.40. The smallest absolute Gasteiger partial charge is 0.416 e. The van der Waals surface area contributed by atoms with Gasteiger partial charge in [-0.3, -0.25) is 0 Å². The van der Waals surface area contributed by atoms with Crippen LogP contribution in [0, 0.1) is 0 Å². The van der Waals surface area contributed by atoms with Gasteiger partial charge in [-0.15, -0.1) is 11.3 Å². The van der Waals surface area contributed by atoms with E-state index in [4.69, 9.17) is 4.42 Å². The Morgan fingerprint density at radius 1 is 1.27 bits per heavy atom. The van der Waals surface area contributed by atoms with E-state index in [1.807, 2.05) is 0 Å². The van der Waals surface area contributed by atoms with Gasteiger partial charge in [-0.05, 0) is 23.8 Å². The minimum Gasteiger partial charge on any atom is -0.465 e. The highest BCUT2D eigenvalue weighted by molar-refractivity contribution is 7.22. The molecular weight excluding hydrogens is 371 g/mol. The number of methoxy groups -OCH3 is 1. The summed E-state index contributed by atoms with van der Waals surface area (Å²) in [7, 11) is 1.16. The molecule has 1 N–H and O–H groups in total. The summed E-state index contributed by atoms with van der Waals surface area (Å²) in [5.74, 6) is -0.799. The van der Waals surface area contributed by atoms with Crippen molar-refractivity contribution in [1.29, 1.82) is 0 Å². The van der Waals surface area contributed by atoms with Gasteiger partial charge < -0.3 is 14.5 Å². The van der Waals surface area contributed by atoms with Gasteiger partial charge in [0, 0.05) is 12.6 Å². The topological polar surface area (TPSA) is 68.5 Å². The van der Waals surface area contributed by atoms with Gasteiger partial charge in [-0.1, -0.05) is 12.1 Å². The van der Waals surface area contributed by atoms with Gasteiger partial charge in [0.05, 0.1) is 22.4 Å². The molecule has 1 aromatic carbocycles. The standard InChI is InChI=1S/C17H12F3NO4S/c1-24-15(22)11-6-13-12(25-16(11)23)7-14(26-13)21-8-9-3-2-4-10(5-9)17(18,19)20/h2-7,21H,8H2,1H3. The van der Waals surface area contributed by atoms with Gasteiger partial charge in [-0.25, -0.2) is 9.59 Å². The number of benzene rings is 1. The normalized spacial score (nSPS) is 11.5. The van der Waals surface area contributed by atoms with Crippen LogP contribution >= 0.6 is 11.3 Å². The van der Waals surface area contributed by atoms with Crippen molar-refractivity contribution >= 4 is 32.6 Å². The fourth-order valence-electron chi connectivity index (χ4n) is 2.30. The number of anilines is 1. The van der Waals surface area contributed by atoms with Crippen LogP contribution in [0.1, 0.15) is 21.5 Å². The van der Waals surface area contributed by atoms with E-state index in [1.54, 1.807) is 12.1 Å². The molecule has 0 amide bonds. The zero-order chi connectivity index (χ0) is 18.9. The van der Waals surface area contributed by atoms with E-state index in [0.29, 0.717) is 15.3 Å². The Bertz CT molecular complexity index is 1020. The first-order valence-corrected chi connectivity index (χ1v) is 8.15. The van der Waals surface area contributed by atoms with E-state index in [-0.39, 0.29) is 17.7 Å². The first-order valence-electron chi connectivity index (χ1n) is 7.34. The maximum atomic E-state index is 12.7. The molecule has 0 aliphatic carbocycles. The summed E-state index contributed by atoms with van der Waals surface area (Å²) >= 11 is 1.20. The number of hydrogen-bond donors (Lipinski definition) is 1. The van der Waals surface area contributed by atoms with Crippen molar-refractivity contribution in [2.24, 2.45) is 0 Å². The Hall–Kier alpha value is -2.81. The summed E-state index contributed by atoms with van der Waals surface area (Å²) in [6, 6.07) is 7.91. The SMILES string of the molecule is COC(=O)c1cc2sc(NCc3cccc(C(F)(F)F)c3)cc2oc1=O. The summed E-state index contributed by atoms with van der Waals surface area (Å²) in [6.45, 7) is 0.158. The molecule has 0 radical (unpaired) electrons. The number of esters is 1. The number of hydrogen-bond acceptors (Lipinski definition) is 6. The van der Waals surface area contributed by atoms with E-state index in [1.165, 1.54) is 23.5 Å². The van der Waals surface area contributed by atoms with Crippen LogP contribution < -0.4 is 10.9 Å². The molecule has 2 heterocycles. The van der Waals surface area contributed by atoms with Crippen LogP contribution in [-0.2, 0) is 17.5 Å². The lowest BCUT2D eigenvalue weighted by Crippen LogP contribution is -2.14. The average molecular weight is 383 g/mol. The second-order valence-electron chi connectivity index (χ2n) is 5.33. The third-order valence-corrected chi connectivity index (χ3v) is 4.57. The number of carbonyl (C=O) groups excluding carboxylic acids is 1. The van der Waals surface area contributed by atoms with Gasteiger partial charge >= 0.3 is 17.8 Å². The molecule has 5 nitrogen and oxygen atoms in total. The van der Waals surface area contributed by atoms with Crippen LogP contribution in [0.2, 0.25) is 0 Å². The van der Waals surface area contributed by atoms with Gasteiger partial charge in [-0.2, -0.15) is 13.2 Å². The number of fused-ring (bicyclic) bond motifs is 1. The van der Waals surface area contributed by atoms with Crippen LogP contribution in [0.5, 0.6) is 0 Å². The number of thiophene rings is 1. The molecule has 0 saturated carbocycles. The molecule has 0 spiro atoms. The van der Waals surface area contributed by atoms with E-state index in [9.17, 15) is 22.8 Å². The van der Waals surface area contributed by atoms with E-state index in [2.05, 4.69) is 10.1 Å². The maximum Gasteiger partial charge on any atom is 0.416 e. The molecule has 9 heteroatoms. The number of ether oxygens (including phenoxy) is 1. The second-order valence-corrected chi connectivity index (χ2v) is 6.41. The molecule has 0 unspecified atom stereocenters. The van der Waals surface area contributed by atoms with Crippen LogP contribution in [-0.4, -0.2) is 13.1 Å². The highest BCUT2D eigenvalue weighted by atomic mass is 32.1. The Morgan fingerprint density at radius 3 is 2.73 bits per heavy atom. The van der Waals surface area contributed by atoms with E-state index >= 15 is 0 Å². The number of carbonyl (C=O) groups is 1. The van der Waals surface area contributed by atoms with Crippen molar-refractivity contribution in [3.8, 4) is 0 Å². The number of halogens is 3. The molecule has 0 fully saturated rings. The summed E-state index contributed by atoms with van der Waals surface area (Å²) in [4.78, 5) is 23.3. The molecule has 136 valence electrons. The zero-order valence-corrected chi connectivity index (χ0v) is 14.2. The van der Waals surface area contributed by atoms with Crippen LogP contribution in [0.15, 0.2) is 45.6 Å². The Morgan fingerprint density at radius 2 is 2.04 bits per heavy atom. The second kappa shape index (κ2) is 6.83. The van der Waals surface area contributed by atoms with Crippen LogP contribution in [0.4, 0.5) is 18.2 Å². The number of rotatable bonds is 4. The quantitative estimate of drug-likeness (QED) is 0.682. The Labute approximate surface area is 149 Å². The largest absolute Gasteiger partial charge is 0.465 e. The lowest BCUT2D eigenvalue weighted by Gasteiger charge is -2.09. The number of alkyl halides is 3. The lowest BCUT2D eigenvalue weighted by molar-refractivity contribution is -0.137. The fraction of sp³-hybridized carbons (Fsp3) is 0.176. The molecule has 3 rings (SSSR count). The number of nitrogens with one attached hydrogen (secondary N) is 1. The van der Waals surface area contributed by atoms with Crippen molar-refractivity contribution in [3.63, 3.8) is 0 Å². The first-order chi connectivity index (χ1) is 12.3. The summed E-state index contributed by atoms with van der Waals surface area (Å²) in [5.41, 5.74) is -1.02. The molecule has 0 bridgehead atoms. The Kier molecular flexibility index (Phi) is 4.73. The monoisotopic (exact) mass is 383 g/mol. The van der Waals surface area contributed by atoms with Crippen molar-refractivity contribution in [2.75, 3.05) is 12.4 Å². The predicted molar refractivity (Wildman–Crippen MR) is 90.5 cm³/mol. The maximum absolute atomic E-state index is 12.7. The fourth-order valence-corrected chi connectivity index (χ4v) is 3.22. The first kappa shape index (κ1) is 18.0. The van der Waals surface area contributed by atoms with Crippen LogP contribution in [0.25, 0.3) is 10.3 Å². The molecule has 0 saturated heterocycles. The zero-order valence-electron chi connectivity index (χ0n) is 13.3. The van der Waals surface area contributed by atoms with Gasteiger partial charge in [0.25, 0.3) is 0 Å². The minimum absolute atomic E-state index is 0.158. The molecular formula is C17H12F3NO4S. The molecule has 0 aliphatic rings. The third kappa shape index (κ3) is 3.72. The molecule has 26 heavy (non-hydrogen) atoms. The molecule has 0 aliphatic heterocycles. The van der Waals surface area contributed by atoms with Crippen LogP contribution in [0.3, 0.4) is 0 Å². The highest BCUT2D eigenvalue weighted by Crippen LogP contribution is 2.31. The molecule has 3 aromatic rings. The van der Waals surface area contributed by atoms with E-state index in [0.717, 1.165) is 19.2 Å². The van der Waals surface area contributed by atoms with Gasteiger partial charge in [0.2, 0.25) is 0 Å². The predicted octanol–water partition coefficient (Wildman–Crippen LogP) is 4.27. The molecule has 0 atom stereocenters. The van der Waals surface area contributed by atoms with Gasteiger partial charge in [0.1, 0.15) is 5.56 Å². The van der Waals surface area contributed by atoms with Crippen molar-refractivity contribution < 1.29 is 27.1 Å². The summed E-state index contributed by atoms with van der Waals surface area (Å²) in [6.07, 6.45) is -4.40. The van der Waals surface area contributed by atoms with Crippen molar-refractivity contribution in [1.82, 2.24) is 0 Å². The highest BCUT2D eigenvalue weighted by Gasteiger charge is 2.30. The third-order valence-electron chi connectivity index (χ3n) is 3.55. The van der Waals surface area contributed by atoms with Gasteiger partial charge in [0.15, 0.2) is 5.58 Å². The summed E-state index contributed by atoms with van der Waals surface area (Å²) in [5, 5.41) is 3.57. The molecule has 2 aromatic heterocycles. The average Bonchev–Trinajstić information content (AvgIpc) is 2.99. The lowest BCUT2D eigenvalue weighted by atomic mass is 10.1. The van der Waals surface area contributed by atoms with E-state index < -0.39 is 23.3 Å². The Balaban J connectivity index is 1.82.